The third kappa shape index (κ3) is 3.60. The Hall–Kier alpha value is -1.46. The normalized spacial score (nSPS) is 24.0. The quantitative estimate of drug-likeness (QED) is 0.683. The fourth-order valence-corrected chi connectivity index (χ4v) is 3.38. The van der Waals surface area contributed by atoms with Crippen molar-refractivity contribution < 1.29 is 4.92 Å². The molecule has 1 aliphatic heterocycles. The van der Waals surface area contributed by atoms with Gasteiger partial charge in [-0.1, -0.05) is 18.6 Å². The molecule has 0 radical (unpaired) electrons. The van der Waals surface area contributed by atoms with Crippen molar-refractivity contribution in [3.63, 3.8) is 0 Å². The van der Waals surface area contributed by atoms with E-state index in [9.17, 15) is 10.1 Å². The number of likely N-dealkylation sites (tertiary alicyclic amines) is 1. The first-order valence-corrected chi connectivity index (χ1v) is 7.74. The topological polar surface area (TPSA) is 72.4 Å². The third-order valence-electron chi connectivity index (χ3n) is 4.43. The summed E-state index contributed by atoms with van der Waals surface area (Å²) in [5, 5.41) is 11.0. The molecule has 5 nitrogen and oxygen atoms in total. The van der Waals surface area contributed by atoms with Crippen LogP contribution in [0.25, 0.3) is 0 Å². The molecule has 2 unspecified atom stereocenters. The van der Waals surface area contributed by atoms with Gasteiger partial charge in [-0.25, -0.2) is 0 Å². The summed E-state index contributed by atoms with van der Waals surface area (Å²) in [4.78, 5) is 13.2. The second-order valence-corrected chi connectivity index (χ2v) is 6.12. The lowest BCUT2D eigenvalue weighted by molar-refractivity contribution is -0.385. The van der Waals surface area contributed by atoms with Gasteiger partial charge in [-0.3, -0.25) is 15.0 Å². The predicted molar refractivity (Wildman–Crippen MR) is 84.1 cm³/mol. The first kappa shape index (κ1) is 15.9. The van der Waals surface area contributed by atoms with Crippen molar-refractivity contribution >= 4 is 5.69 Å². The Morgan fingerprint density at radius 2 is 2.19 bits per heavy atom. The average molecular weight is 291 g/mol. The lowest BCUT2D eigenvalue weighted by Crippen LogP contribution is -2.39. The van der Waals surface area contributed by atoms with Gasteiger partial charge in [0.25, 0.3) is 5.69 Å². The summed E-state index contributed by atoms with van der Waals surface area (Å²) in [6.45, 7) is 6.02. The molecule has 21 heavy (non-hydrogen) atoms. The molecule has 0 amide bonds. The van der Waals surface area contributed by atoms with E-state index in [0.717, 1.165) is 18.5 Å². The number of hydrogen-bond donors (Lipinski definition) is 1. The Bertz CT molecular complexity index is 490. The monoisotopic (exact) mass is 291 g/mol. The number of hydrogen-bond acceptors (Lipinski definition) is 4. The van der Waals surface area contributed by atoms with Crippen molar-refractivity contribution in [3.05, 3.63) is 39.9 Å². The van der Waals surface area contributed by atoms with Crippen LogP contribution in [-0.2, 0) is 0 Å². The van der Waals surface area contributed by atoms with Crippen LogP contribution < -0.4 is 5.73 Å². The number of nitrogens with two attached hydrogens (primary N) is 1. The van der Waals surface area contributed by atoms with E-state index in [2.05, 4.69) is 18.7 Å². The molecule has 0 aromatic heterocycles. The van der Waals surface area contributed by atoms with Crippen LogP contribution in [0.1, 0.15) is 44.7 Å². The minimum Gasteiger partial charge on any atom is -0.330 e. The highest BCUT2D eigenvalue weighted by Gasteiger charge is 2.32. The lowest BCUT2D eigenvalue weighted by atomic mass is 9.88. The Morgan fingerprint density at radius 3 is 2.81 bits per heavy atom. The van der Waals surface area contributed by atoms with E-state index in [1.807, 2.05) is 6.07 Å². The van der Waals surface area contributed by atoms with Crippen LogP contribution in [0.15, 0.2) is 24.3 Å². The number of nitrogens with zero attached hydrogens (tertiary/aromatic N) is 2. The van der Waals surface area contributed by atoms with Gasteiger partial charge in [-0.15, -0.1) is 0 Å². The van der Waals surface area contributed by atoms with Crippen molar-refractivity contribution in [2.24, 2.45) is 11.7 Å². The SMILES string of the molecule is CC(C)N1CCCCC(CN)C1c1cccc([N+](=O)[O-])c1. The fourth-order valence-electron chi connectivity index (χ4n) is 3.38. The molecule has 0 bridgehead atoms. The Balaban J connectivity index is 2.41. The van der Waals surface area contributed by atoms with Crippen molar-refractivity contribution in [1.29, 1.82) is 0 Å². The second kappa shape index (κ2) is 7.00. The first-order valence-electron chi connectivity index (χ1n) is 7.74. The minimum absolute atomic E-state index is 0.163. The summed E-state index contributed by atoms with van der Waals surface area (Å²) in [5.74, 6) is 0.358. The van der Waals surface area contributed by atoms with Gasteiger partial charge in [0.05, 0.1) is 4.92 Å². The molecule has 0 saturated carbocycles. The molecular formula is C16H25N3O2. The summed E-state index contributed by atoms with van der Waals surface area (Å²) in [6, 6.07) is 7.63. The van der Waals surface area contributed by atoms with Crippen molar-refractivity contribution in [1.82, 2.24) is 4.90 Å². The van der Waals surface area contributed by atoms with E-state index in [-0.39, 0.29) is 16.7 Å². The van der Waals surface area contributed by atoms with E-state index < -0.39 is 0 Å². The Labute approximate surface area is 126 Å². The Kier molecular flexibility index (Phi) is 5.31. The van der Waals surface area contributed by atoms with Crippen LogP contribution in [0.2, 0.25) is 0 Å². The zero-order valence-corrected chi connectivity index (χ0v) is 12.9. The highest BCUT2D eigenvalue weighted by atomic mass is 16.6. The first-order chi connectivity index (χ1) is 10.0. The van der Waals surface area contributed by atoms with Gasteiger partial charge < -0.3 is 5.73 Å². The summed E-state index contributed by atoms with van der Waals surface area (Å²) < 4.78 is 0. The molecule has 1 heterocycles. The highest BCUT2D eigenvalue weighted by molar-refractivity contribution is 5.36. The van der Waals surface area contributed by atoms with E-state index >= 15 is 0 Å². The van der Waals surface area contributed by atoms with E-state index in [1.165, 1.54) is 12.8 Å². The molecule has 0 spiro atoms. The summed E-state index contributed by atoms with van der Waals surface area (Å²) in [7, 11) is 0. The molecule has 116 valence electrons. The molecule has 1 fully saturated rings. The zero-order valence-electron chi connectivity index (χ0n) is 12.9. The Morgan fingerprint density at radius 1 is 1.43 bits per heavy atom. The predicted octanol–water partition coefficient (Wildman–Crippen LogP) is 3.11. The zero-order chi connectivity index (χ0) is 15.4. The molecule has 2 atom stereocenters. The second-order valence-electron chi connectivity index (χ2n) is 6.12. The summed E-state index contributed by atoms with van der Waals surface area (Å²) in [6.07, 6.45) is 3.43. The molecule has 0 aliphatic carbocycles. The van der Waals surface area contributed by atoms with Gasteiger partial charge >= 0.3 is 0 Å². The van der Waals surface area contributed by atoms with Crippen LogP contribution in [0.5, 0.6) is 0 Å². The molecule has 2 N–H and O–H groups in total. The van der Waals surface area contributed by atoms with Crippen LogP contribution in [-0.4, -0.2) is 29.0 Å². The number of nitro benzene ring substituents is 1. The fraction of sp³-hybridized carbons (Fsp3) is 0.625. The van der Waals surface area contributed by atoms with Crippen molar-refractivity contribution in [3.8, 4) is 0 Å². The lowest BCUT2D eigenvalue weighted by Gasteiger charge is -2.37. The van der Waals surface area contributed by atoms with Gasteiger partial charge in [-0.05, 0) is 51.3 Å². The maximum Gasteiger partial charge on any atom is 0.269 e. The largest absolute Gasteiger partial charge is 0.330 e. The van der Waals surface area contributed by atoms with Crippen LogP contribution in [0.3, 0.4) is 0 Å². The molecule has 1 aromatic carbocycles. The molecule has 1 aromatic rings. The van der Waals surface area contributed by atoms with Gasteiger partial charge in [0, 0.05) is 24.2 Å². The van der Waals surface area contributed by atoms with E-state index in [0.29, 0.717) is 18.5 Å². The van der Waals surface area contributed by atoms with E-state index in [4.69, 9.17) is 5.73 Å². The number of nitro groups is 1. The smallest absolute Gasteiger partial charge is 0.269 e. The van der Waals surface area contributed by atoms with Gasteiger partial charge in [0.2, 0.25) is 0 Å². The van der Waals surface area contributed by atoms with E-state index in [1.54, 1.807) is 18.2 Å². The summed E-state index contributed by atoms with van der Waals surface area (Å²) >= 11 is 0. The standard InChI is InChI=1S/C16H25N3O2/c1-12(2)18-9-4-3-6-14(11-17)16(18)13-7-5-8-15(10-13)19(20)21/h5,7-8,10,12,14,16H,3-4,6,9,11,17H2,1-2H3. The maximum atomic E-state index is 11.0. The van der Waals surface area contributed by atoms with Gasteiger partial charge in [-0.2, -0.15) is 0 Å². The number of benzene rings is 1. The van der Waals surface area contributed by atoms with Crippen LogP contribution in [0, 0.1) is 16.0 Å². The molecule has 1 saturated heterocycles. The summed E-state index contributed by atoms with van der Waals surface area (Å²) in [5.41, 5.74) is 7.19. The molecule has 1 aliphatic rings. The minimum atomic E-state index is -0.322. The third-order valence-corrected chi connectivity index (χ3v) is 4.43. The van der Waals surface area contributed by atoms with Crippen molar-refractivity contribution in [2.75, 3.05) is 13.1 Å². The van der Waals surface area contributed by atoms with Gasteiger partial charge in [0.1, 0.15) is 0 Å². The molecular weight excluding hydrogens is 266 g/mol. The van der Waals surface area contributed by atoms with Crippen LogP contribution in [0.4, 0.5) is 5.69 Å². The van der Waals surface area contributed by atoms with Crippen molar-refractivity contribution in [2.45, 2.75) is 45.2 Å². The maximum absolute atomic E-state index is 11.0. The molecule has 5 heteroatoms. The number of rotatable bonds is 4. The number of non-ortho nitro benzene ring substituents is 1. The van der Waals surface area contributed by atoms with Crippen LogP contribution >= 0.6 is 0 Å². The highest BCUT2D eigenvalue weighted by Crippen LogP contribution is 2.36. The average Bonchev–Trinajstić information content (AvgIpc) is 2.69. The molecule has 2 rings (SSSR count). The van der Waals surface area contributed by atoms with Gasteiger partial charge in [0.15, 0.2) is 0 Å².